The van der Waals surface area contributed by atoms with Gasteiger partial charge in [-0.05, 0) is 35.6 Å². The molecule has 32 heavy (non-hydrogen) atoms. The summed E-state index contributed by atoms with van der Waals surface area (Å²) in [5, 5.41) is 21.5. The van der Waals surface area contributed by atoms with E-state index >= 15 is 0 Å². The molecule has 1 aliphatic carbocycles. The molecule has 0 bridgehead atoms. The number of nitrogens with one attached hydrogen (secondary N) is 1. The Morgan fingerprint density at radius 2 is 1.97 bits per heavy atom. The van der Waals surface area contributed by atoms with E-state index in [-0.39, 0.29) is 34.1 Å². The molecule has 2 unspecified atom stereocenters. The molecule has 0 aromatic heterocycles. The Hall–Kier alpha value is -2.65. The highest BCUT2D eigenvalue weighted by atomic mass is 35.5. The Morgan fingerprint density at radius 1 is 1.25 bits per heavy atom. The van der Waals surface area contributed by atoms with Gasteiger partial charge in [0.2, 0.25) is 0 Å². The predicted molar refractivity (Wildman–Crippen MR) is 112 cm³/mol. The number of carbonyl (C=O) groups is 1. The molecule has 2 aliphatic rings. The maximum Gasteiger partial charge on any atom is 0.419 e. The molecule has 1 amide bonds. The van der Waals surface area contributed by atoms with Gasteiger partial charge in [-0.25, -0.2) is 0 Å². The molecule has 2 atom stereocenters. The van der Waals surface area contributed by atoms with E-state index in [0.717, 1.165) is 0 Å². The lowest BCUT2D eigenvalue weighted by atomic mass is 9.63. The summed E-state index contributed by atoms with van der Waals surface area (Å²) in [6.07, 6.45) is -5.57. The largest absolute Gasteiger partial charge is 0.495 e. The molecule has 6 nitrogen and oxygen atoms in total. The minimum absolute atomic E-state index is 0.0315. The Bertz CT molecular complexity index is 1130. The van der Waals surface area contributed by atoms with Gasteiger partial charge in [-0.3, -0.25) is 4.79 Å². The number of hydrogen-bond acceptors (Lipinski definition) is 5. The highest BCUT2D eigenvalue weighted by Crippen LogP contribution is 2.57. The van der Waals surface area contributed by atoms with Gasteiger partial charge < -0.3 is 15.2 Å². The van der Waals surface area contributed by atoms with Crippen molar-refractivity contribution in [3.8, 4) is 5.75 Å². The zero-order valence-corrected chi connectivity index (χ0v) is 18.3. The number of fused-ring (bicyclic) bond motifs is 2. The fourth-order valence-corrected chi connectivity index (χ4v) is 5.00. The van der Waals surface area contributed by atoms with Crippen molar-refractivity contribution in [3.63, 3.8) is 0 Å². The second-order valence-corrected chi connectivity index (χ2v) is 9.05. The summed E-state index contributed by atoms with van der Waals surface area (Å²) in [6, 6.07) is 5.97. The van der Waals surface area contributed by atoms with E-state index in [1.54, 1.807) is 26.0 Å². The van der Waals surface area contributed by atoms with Crippen LogP contribution in [0.3, 0.4) is 0 Å². The third-order valence-corrected chi connectivity index (χ3v) is 6.41. The number of carbonyl (C=O) groups excluding carboxylic acids is 1. The van der Waals surface area contributed by atoms with Crippen molar-refractivity contribution in [2.75, 3.05) is 12.4 Å². The smallest absolute Gasteiger partial charge is 0.419 e. The first-order valence-electron chi connectivity index (χ1n) is 9.87. The number of aliphatic hydroxyl groups is 1. The van der Waals surface area contributed by atoms with E-state index < -0.39 is 35.6 Å². The fraction of sp³-hybridized carbons (Fsp3) is 0.409. The van der Waals surface area contributed by atoms with E-state index in [2.05, 4.69) is 15.5 Å². The molecule has 0 radical (unpaired) electrons. The quantitative estimate of drug-likeness (QED) is 0.617. The lowest BCUT2D eigenvalue weighted by Crippen LogP contribution is -2.58. The molecule has 170 valence electrons. The number of hydrogen-bond donors (Lipinski definition) is 2. The lowest BCUT2D eigenvalue weighted by molar-refractivity contribution is -0.275. The van der Waals surface area contributed by atoms with Gasteiger partial charge in [0.15, 0.2) is 5.60 Å². The lowest BCUT2D eigenvalue weighted by Gasteiger charge is -2.49. The van der Waals surface area contributed by atoms with E-state index in [4.69, 9.17) is 16.3 Å². The number of nitrogens with zero attached hydrogens (tertiary/aromatic N) is 2. The zero-order chi connectivity index (χ0) is 23.5. The molecule has 4 rings (SSSR count). The molecule has 0 fully saturated rings. The van der Waals surface area contributed by atoms with Gasteiger partial charge in [0.25, 0.3) is 5.91 Å². The van der Waals surface area contributed by atoms with E-state index in [0.29, 0.717) is 11.1 Å². The minimum Gasteiger partial charge on any atom is -0.495 e. The van der Waals surface area contributed by atoms with Crippen molar-refractivity contribution in [2.24, 2.45) is 10.2 Å². The van der Waals surface area contributed by atoms with Crippen molar-refractivity contribution in [3.05, 3.63) is 57.6 Å². The molecule has 2 N–H and O–H groups in total. The van der Waals surface area contributed by atoms with Gasteiger partial charge in [0, 0.05) is 16.8 Å². The van der Waals surface area contributed by atoms with Crippen molar-refractivity contribution in [1.29, 1.82) is 0 Å². The Kier molecular flexibility index (Phi) is 5.25. The third-order valence-electron chi connectivity index (χ3n) is 6.11. The second-order valence-electron chi connectivity index (χ2n) is 8.64. The van der Waals surface area contributed by atoms with Crippen molar-refractivity contribution >= 4 is 23.2 Å². The molecule has 2 aromatic rings. The van der Waals surface area contributed by atoms with Gasteiger partial charge in [-0.15, -0.1) is 5.11 Å². The first-order chi connectivity index (χ1) is 14.9. The Labute approximate surface area is 187 Å². The van der Waals surface area contributed by atoms with Crippen LogP contribution in [0.4, 0.5) is 18.9 Å². The van der Waals surface area contributed by atoms with Crippen LogP contribution >= 0.6 is 11.6 Å². The summed E-state index contributed by atoms with van der Waals surface area (Å²) in [5.74, 6) is -0.302. The number of amides is 1. The molecule has 1 aliphatic heterocycles. The highest BCUT2D eigenvalue weighted by Gasteiger charge is 2.64. The minimum atomic E-state index is -4.95. The van der Waals surface area contributed by atoms with Crippen LogP contribution in [0, 0.1) is 0 Å². The van der Waals surface area contributed by atoms with E-state index in [9.17, 15) is 23.1 Å². The van der Waals surface area contributed by atoms with Crippen molar-refractivity contribution < 1.29 is 27.8 Å². The first kappa shape index (κ1) is 22.5. The molecule has 0 saturated heterocycles. The normalized spacial score (nSPS) is 24.0. The maximum atomic E-state index is 14.3. The molecule has 0 saturated carbocycles. The number of ether oxygens (including phenoxy) is 1. The first-order valence-corrected chi connectivity index (χ1v) is 10.2. The number of methoxy groups -OCH3 is 1. The summed E-state index contributed by atoms with van der Waals surface area (Å²) in [6.45, 7) is 3.26. The van der Waals surface area contributed by atoms with Crippen LogP contribution in [-0.2, 0) is 12.0 Å². The van der Waals surface area contributed by atoms with Crippen LogP contribution in [0.25, 0.3) is 0 Å². The molecule has 0 spiro atoms. The molecule has 1 heterocycles. The SMILES string of the molecule is COc1c(Cl)ccc2c1C(C)(C)CC(O)(C(F)(F)F)C2Nc1cccc2c1CN=NC2=O. The Morgan fingerprint density at radius 3 is 2.62 bits per heavy atom. The summed E-state index contributed by atoms with van der Waals surface area (Å²) < 4.78 is 48.5. The number of benzene rings is 2. The summed E-state index contributed by atoms with van der Waals surface area (Å²) >= 11 is 6.28. The maximum absolute atomic E-state index is 14.3. The van der Waals surface area contributed by atoms with Gasteiger partial charge in [0.1, 0.15) is 5.75 Å². The second kappa shape index (κ2) is 7.45. The van der Waals surface area contributed by atoms with Crippen LogP contribution in [-0.4, -0.2) is 29.9 Å². The number of anilines is 1. The molecule has 10 heteroatoms. The topological polar surface area (TPSA) is 83.3 Å². The van der Waals surface area contributed by atoms with Crippen LogP contribution in [0.15, 0.2) is 40.6 Å². The number of azo groups is 1. The number of halogens is 4. The van der Waals surface area contributed by atoms with Gasteiger partial charge in [-0.2, -0.15) is 18.3 Å². The fourth-order valence-electron chi connectivity index (χ4n) is 4.77. The van der Waals surface area contributed by atoms with Crippen LogP contribution in [0.5, 0.6) is 5.75 Å². The predicted octanol–water partition coefficient (Wildman–Crippen LogP) is 5.58. The van der Waals surface area contributed by atoms with Gasteiger partial charge in [-0.1, -0.05) is 37.6 Å². The van der Waals surface area contributed by atoms with Gasteiger partial charge >= 0.3 is 6.18 Å². The van der Waals surface area contributed by atoms with Crippen molar-refractivity contribution in [2.45, 2.75) is 50.0 Å². The van der Waals surface area contributed by atoms with Crippen LogP contribution in [0.1, 0.15) is 53.4 Å². The van der Waals surface area contributed by atoms with Gasteiger partial charge in [0.05, 0.1) is 30.3 Å². The highest BCUT2D eigenvalue weighted by molar-refractivity contribution is 6.32. The summed E-state index contributed by atoms with van der Waals surface area (Å²) in [5.41, 5.74) is -2.57. The molecule has 2 aromatic carbocycles. The summed E-state index contributed by atoms with van der Waals surface area (Å²) in [7, 11) is 1.40. The standard InChI is InChI=1S/C22H21ClF3N3O3/c1-20(2)10-21(31,22(24,25)26)18(12-7-8-14(23)17(32-3)16(12)20)28-15-6-4-5-11-13(15)9-27-29-19(11)30/h4-8,18,28,31H,9-10H2,1-3H3. The van der Waals surface area contributed by atoms with E-state index in [1.165, 1.54) is 25.3 Å². The third kappa shape index (κ3) is 3.34. The number of rotatable bonds is 3. The van der Waals surface area contributed by atoms with Crippen molar-refractivity contribution in [1.82, 2.24) is 0 Å². The Balaban J connectivity index is 1.94. The van der Waals surface area contributed by atoms with Crippen LogP contribution in [0.2, 0.25) is 5.02 Å². The van der Waals surface area contributed by atoms with E-state index in [1.807, 2.05) is 0 Å². The molecular weight excluding hydrogens is 447 g/mol. The zero-order valence-electron chi connectivity index (χ0n) is 17.5. The molecular formula is C22H21ClF3N3O3. The average Bonchev–Trinajstić information content (AvgIpc) is 2.70. The number of alkyl halides is 3. The van der Waals surface area contributed by atoms with Crippen LogP contribution < -0.4 is 10.1 Å². The summed E-state index contributed by atoms with van der Waals surface area (Å²) in [4.78, 5) is 12.1. The monoisotopic (exact) mass is 467 g/mol. The average molecular weight is 468 g/mol.